The minimum Gasteiger partial charge on any atom is -0.452 e. The number of rotatable bonds is 3. The van der Waals surface area contributed by atoms with Crippen molar-refractivity contribution in [3.05, 3.63) is 52.5 Å². The van der Waals surface area contributed by atoms with Gasteiger partial charge in [0.25, 0.3) is 0 Å². The maximum absolute atomic E-state index is 13.6. The lowest BCUT2D eigenvalue weighted by Crippen LogP contribution is -2.11. The number of halogens is 2. The van der Waals surface area contributed by atoms with Crippen LogP contribution in [0, 0.1) is 5.82 Å². The van der Waals surface area contributed by atoms with Crippen LogP contribution in [-0.4, -0.2) is 9.97 Å². The Morgan fingerprint density at radius 3 is 2.83 bits per heavy atom. The maximum atomic E-state index is 13.6. The molecule has 0 saturated carbocycles. The van der Waals surface area contributed by atoms with E-state index in [0.29, 0.717) is 15.8 Å². The molecule has 2 aromatic rings. The average molecular weight is 327 g/mol. The second kappa shape index (κ2) is 5.41. The van der Waals surface area contributed by atoms with E-state index in [4.69, 9.17) is 22.7 Å². The number of hydrogen-bond donors (Lipinski definition) is 1. The van der Waals surface area contributed by atoms with Gasteiger partial charge in [-0.25, -0.2) is 4.39 Å². The van der Waals surface area contributed by atoms with E-state index >= 15 is 0 Å². The zero-order valence-corrected chi connectivity index (χ0v) is 11.5. The van der Waals surface area contributed by atoms with E-state index in [1.165, 1.54) is 18.3 Å². The van der Waals surface area contributed by atoms with Gasteiger partial charge in [-0.3, -0.25) is 4.98 Å². The molecule has 3 nitrogen and oxygen atoms in total. The Balaban J connectivity index is 2.40. The van der Waals surface area contributed by atoms with Crippen LogP contribution in [0.25, 0.3) is 0 Å². The number of nitrogens with zero attached hydrogens (tertiary/aromatic N) is 1. The number of aromatic nitrogens is 1. The van der Waals surface area contributed by atoms with Crippen molar-refractivity contribution in [2.75, 3.05) is 0 Å². The van der Waals surface area contributed by atoms with Crippen LogP contribution in [0.3, 0.4) is 0 Å². The molecule has 0 aliphatic heterocycles. The summed E-state index contributed by atoms with van der Waals surface area (Å²) in [5.41, 5.74) is 6.07. The Morgan fingerprint density at radius 2 is 2.11 bits per heavy atom. The van der Waals surface area contributed by atoms with Gasteiger partial charge in [0.15, 0.2) is 17.3 Å². The first-order valence-electron chi connectivity index (χ1n) is 4.94. The topological polar surface area (TPSA) is 48.1 Å². The largest absolute Gasteiger partial charge is 0.452 e. The highest BCUT2D eigenvalue weighted by atomic mass is 79.9. The summed E-state index contributed by atoms with van der Waals surface area (Å²) in [7, 11) is 0. The van der Waals surface area contributed by atoms with Crippen LogP contribution in [0.4, 0.5) is 4.39 Å². The molecule has 1 heterocycles. The van der Waals surface area contributed by atoms with Crippen molar-refractivity contribution in [2.45, 2.75) is 0 Å². The Bertz CT molecular complexity index is 606. The fourth-order valence-corrected chi connectivity index (χ4v) is 1.85. The first kappa shape index (κ1) is 12.9. The quantitative estimate of drug-likeness (QED) is 0.878. The van der Waals surface area contributed by atoms with E-state index in [9.17, 15) is 4.39 Å². The molecule has 0 saturated heterocycles. The number of hydrogen-bond acceptors (Lipinski definition) is 3. The zero-order chi connectivity index (χ0) is 13.1. The van der Waals surface area contributed by atoms with Gasteiger partial charge < -0.3 is 10.5 Å². The average Bonchev–Trinajstić information content (AvgIpc) is 2.34. The van der Waals surface area contributed by atoms with Gasteiger partial charge in [-0.2, -0.15) is 0 Å². The van der Waals surface area contributed by atoms with Gasteiger partial charge in [0.05, 0.1) is 11.8 Å². The normalized spacial score (nSPS) is 10.1. The lowest BCUT2D eigenvalue weighted by molar-refractivity contribution is 0.439. The molecule has 0 fully saturated rings. The summed E-state index contributed by atoms with van der Waals surface area (Å²) in [6.45, 7) is 0. The fraction of sp³-hybridized carbons (Fsp3) is 0. The second-order valence-electron chi connectivity index (χ2n) is 3.41. The van der Waals surface area contributed by atoms with Crippen molar-refractivity contribution in [2.24, 2.45) is 5.73 Å². The fourth-order valence-electron chi connectivity index (χ4n) is 1.34. The first-order valence-corrected chi connectivity index (χ1v) is 6.15. The van der Waals surface area contributed by atoms with E-state index < -0.39 is 5.82 Å². The highest BCUT2D eigenvalue weighted by Crippen LogP contribution is 2.29. The molecule has 0 bridgehead atoms. The summed E-state index contributed by atoms with van der Waals surface area (Å²) in [6, 6.07) is 6.02. The molecule has 0 unspecified atom stereocenters. The molecule has 0 atom stereocenters. The first-order chi connectivity index (χ1) is 8.58. The summed E-state index contributed by atoms with van der Waals surface area (Å²) >= 11 is 8.14. The lowest BCUT2D eigenvalue weighted by atomic mass is 10.2. The monoisotopic (exact) mass is 326 g/mol. The van der Waals surface area contributed by atoms with Gasteiger partial charge in [0.2, 0.25) is 0 Å². The van der Waals surface area contributed by atoms with Crippen LogP contribution in [0.5, 0.6) is 11.5 Å². The number of thiocarbonyl (C=S) groups is 1. The SMILES string of the molecule is NC(=S)c1ccncc1Oc1cc(Br)ccc1F. The van der Waals surface area contributed by atoms with Gasteiger partial charge in [0, 0.05) is 10.7 Å². The molecule has 18 heavy (non-hydrogen) atoms. The number of pyridine rings is 1. The number of ether oxygens (including phenoxy) is 1. The third-order valence-electron chi connectivity index (χ3n) is 2.16. The Labute approximate surface area is 117 Å². The van der Waals surface area contributed by atoms with Gasteiger partial charge in [0.1, 0.15) is 4.99 Å². The van der Waals surface area contributed by atoms with Crippen LogP contribution in [0.1, 0.15) is 5.56 Å². The molecule has 2 N–H and O–H groups in total. The predicted octanol–water partition coefficient (Wildman–Crippen LogP) is 3.41. The molecule has 0 aliphatic rings. The second-order valence-corrected chi connectivity index (χ2v) is 4.77. The van der Waals surface area contributed by atoms with Crippen molar-refractivity contribution in [1.82, 2.24) is 4.98 Å². The maximum Gasteiger partial charge on any atom is 0.165 e. The van der Waals surface area contributed by atoms with Crippen LogP contribution < -0.4 is 10.5 Å². The highest BCUT2D eigenvalue weighted by molar-refractivity contribution is 9.10. The molecular weight excluding hydrogens is 319 g/mol. The molecule has 0 radical (unpaired) electrons. The van der Waals surface area contributed by atoms with Gasteiger partial charge in [-0.1, -0.05) is 28.1 Å². The minimum atomic E-state index is -0.476. The van der Waals surface area contributed by atoms with Crippen molar-refractivity contribution >= 4 is 33.1 Å². The van der Waals surface area contributed by atoms with E-state index in [1.807, 2.05) is 0 Å². The van der Waals surface area contributed by atoms with Crippen LogP contribution in [0.15, 0.2) is 41.1 Å². The van der Waals surface area contributed by atoms with E-state index in [0.717, 1.165) is 0 Å². The third kappa shape index (κ3) is 2.83. The molecular formula is C12H8BrFN2OS. The molecule has 2 rings (SSSR count). The molecule has 1 aromatic carbocycles. The molecule has 6 heteroatoms. The molecule has 1 aromatic heterocycles. The Kier molecular flexibility index (Phi) is 3.88. The van der Waals surface area contributed by atoms with E-state index in [1.54, 1.807) is 18.3 Å². The summed E-state index contributed by atoms with van der Waals surface area (Å²) in [5.74, 6) is -0.0761. The summed E-state index contributed by atoms with van der Waals surface area (Å²) in [5, 5.41) is 0. The van der Waals surface area contributed by atoms with Crippen molar-refractivity contribution in [3.8, 4) is 11.5 Å². The third-order valence-corrected chi connectivity index (χ3v) is 2.88. The van der Waals surface area contributed by atoms with E-state index in [2.05, 4.69) is 20.9 Å². The molecule has 0 spiro atoms. The van der Waals surface area contributed by atoms with Crippen LogP contribution in [-0.2, 0) is 0 Å². The van der Waals surface area contributed by atoms with Crippen molar-refractivity contribution in [3.63, 3.8) is 0 Å². The number of benzene rings is 1. The van der Waals surface area contributed by atoms with Crippen LogP contribution in [0.2, 0.25) is 0 Å². The molecule has 92 valence electrons. The summed E-state index contributed by atoms with van der Waals surface area (Å²) in [4.78, 5) is 4.07. The minimum absolute atomic E-state index is 0.0786. The zero-order valence-electron chi connectivity index (χ0n) is 9.06. The highest BCUT2D eigenvalue weighted by Gasteiger charge is 2.10. The van der Waals surface area contributed by atoms with Gasteiger partial charge >= 0.3 is 0 Å². The number of nitrogens with two attached hydrogens (primary N) is 1. The Morgan fingerprint density at radius 1 is 1.33 bits per heavy atom. The lowest BCUT2D eigenvalue weighted by Gasteiger charge is -2.10. The van der Waals surface area contributed by atoms with Crippen LogP contribution >= 0.6 is 28.1 Å². The van der Waals surface area contributed by atoms with Crippen molar-refractivity contribution < 1.29 is 9.13 Å². The summed E-state index contributed by atoms with van der Waals surface area (Å²) in [6.07, 6.45) is 2.98. The molecule has 0 amide bonds. The van der Waals surface area contributed by atoms with E-state index in [-0.39, 0.29) is 10.7 Å². The van der Waals surface area contributed by atoms with Crippen molar-refractivity contribution in [1.29, 1.82) is 0 Å². The standard InChI is InChI=1S/C12H8BrFN2OS/c13-7-1-2-9(14)10(5-7)17-11-6-16-4-3-8(11)12(15)18/h1-6H,(H2,15,18). The van der Waals surface area contributed by atoms with Gasteiger partial charge in [-0.15, -0.1) is 0 Å². The Hall–Kier alpha value is -1.53. The summed E-state index contributed by atoms with van der Waals surface area (Å²) < 4.78 is 19.7. The van der Waals surface area contributed by atoms with Gasteiger partial charge in [-0.05, 0) is 24.3 Å². The predicted molar refractivity (Wildman–Crippen MR) is 74.3 cm³/mol. The molecule has 0 aliphatic carbocycles. The smallest absolute Gasteiger partial charge is 0.165 e.